The van der Waals surface area contributed by atoms with Gasteiger partial charge in [0.25, 0.3) is 0 Å². The van der Waals surface area contributed by atoms with Crippen molar-refractivity contribution >= 4 is 21.8 Å². The largest absolute Gasteiger partial charge is 0.490 e. The number of amides is 3. The first-order valence-electron chi connectivity index (χ1n) is 10.5. The van der Waals surface area contributed by atoms with Crippen LogP contribution in [-0.2, 0) is 20.0 Å². The lowest BCUT2D eigenvalue weighted by Gasteiger charge is -2.18. The molecule has 1 heterocycles. The van der Waals surface area contributed by atoms with Crippen molar-refractivity contribution in [2.24, 2.45) is 5.92 Å². The van der Waals surface area contributed by atoms with Gasteiger partial charge in [-0.05, 0) is 42.9 Å². The molecule has 0 aromatic heterocycles. The summed E-state index contributed by atoms with van der Waals surface area (Å²) in [7, 11) is -3.33. The number of halogens is 1. The number of rotatable bonds is 11. The van der Waals surface area contributed by atoms with Crippen LogP contribution in [0.2, 0.25) is 0 Å². The van der Waals surface area contributed by atoms with Crippen molar-refractivity contribution in [2.45, 2.75) is 38.5 Å². The van der Waals surface area contributed by atoms with Crippen LogP contribution in [0.5, 0.6) is 5.75 Å². The average Bonchev–Trinajstić information content (AvgIpc) is 3.37. The van der Waals surface area contributed by atoms with Crippen LogP contribution in [0.3, 0.4) is 0 Å². The van der Waals surface area contributed by atoms with E-state index >= 15 is 0 Å². The van der Waals surface area contributed by atoms with Crippen LogP contribution in [0.1, 0.15) is 38.7 Å². The molecule has 3 rings (SSSR count). The van der Waals surface area contributed by atoms with E-state index in [-0.39, 0.29) is 42.2 Å². The second kappa shape index (κ2) is 9.38. The van der Waals surface area contributed by atoms with E-state index in [2.05, 4.69) is 5.32 Å². The first-order valence-corrected chi connectivity index (χ1v) is 12.3. The molecule has 1 aromatic carbocycles. The number of ether oxygens (including phenoxy) is 1. The van der Waals surface area contributed by atoms with Crippen LogP contribution in [0.4, 0.5) is 9.18 Å². The molecular weight excluding hydrogens is 423 g/mol. The standard InChI is InChI=1S/C22H29FN2O5S/c1-16(2)14-30-19-12-17(6-7-18(19)23)22(8-9-22)15-31(28,29)11-5-3-4-10-25-13-20(26)24-21(25)27/h3-4,6-7,12,16H,5,8-11,13-15H2,1-2H3,(H,24,26,27)/b4-3+. The van der Waals surface area contributed by atoms with Gasteiger partial charge in [-0.25, -0.2) is 17.6 Å². The first-order chi connectivity index (χ1) is 14.6. The van der Waals surface area contributed by atoms with Gasteiger partial charge in [0.05, 0.1) is 18.1 Å². The molecule has 1 aromatic rings. The fourth-order valence-corrected chi connectivity index (χ4v) is 5.50. The first kappa shape index (κ1) is 23.2. The minimum absolute atomic E-state index is 0.00568. The van der Waals surface area contributed by atoms with Crippen LogP contribution in [-0.4, -0.2) is 56.5 Å². The summed E-state index contributed by atoms with van der Waals surface area (Å²) in [5.41, 5.74) is 0.330. The van der Waals surface area contributed by atoms with Crippen LogP contribution in [0.15, 0.2) is 30.4 Å². The molecular formula is C22H29FN2O5S. The maximum atomic E-state index is 14.1. The fourth-order valence-electron chi connectivity index (χ4n) is 3.56. The lowest BCUT2D eigenvalue weighted by atomic mass is 9.98. The Hall–Kier alpha value is -2.42. The van der Waals surface area contributed by atoms with Gasteiger partial charge in [0.15, 0.2) is 21.4 Å². The van der Waals surface area contributed by atoms with Crippen LogP contribution >= 0.6 is 0 Å². The van der Waals surface area contributed by atoms with Crippen LogP contribution in [0, 0.1) is 11.7 Å². The number of allylic oxidation sites excluding steroid dienone is 1. The summed E-state index contributed by atoms with van der Waals surface area (Å²) in [6.45, 7) is 4.63. The van der Waals surface area contributed by atoms with E-state index in [9.17, 15) is 22.4 Å². The van der Waals surface area contributed by atoms with Gasteiger partial charge >= 0.3 is 6.03 Å². The van der Waals surface area contributed by atoms with E-state index in [1.165, 1.54) is 11.0 Å². The van der Waals surface area contributed by atoms with Gasteiger partial charge in [-0.2, -0.15) is 0 Å². The summed E-state index contributed by atoms with van der Waals surface area (Å²) >= 11 is 0. The molecule has 3 amide bonds. The van der Waals surface area contributed by atoms with Gasteiger partial charge in [0, 0.05) is 12.0 Å². The highest BCUT2D eigenvalue weighted by Gasteiger charge is 2.47. The molecule has 1 aliphatic carbocycles. The third-order valence-corrected chi connectivity index (χ3v) is 7.27. The summed E-state index contributed by atoms with van der Waals surface area (Å²) in [5.74, 6) is -0.342. The Kier molecular flexibility index (Phi) is 7.03. The van der Waals surface area contributed by atoms with Crippen molar-refractivity contribution in [1.82, 2.24) is 10.2 Å². The number of hydrogen-bond acceptors (Lipinski definition) is 5. The summed E-state index contributed by atoms with van der Waals surface area (Å²) in [4.78, 5) is 23.9. The number of imide groups is 1. The van der Waals surface area contributed by atoms with E-state index < -0.39 is 27.1 Å². The monoisotopic (exact) mass is 452 g/mol. The molecule has 0 spiro atoms. The van der Waals surface area contributed by atoms with E-state index in [0.717, 1.165) is 18.4 Å². The molecule has 9 heteroatoms. The van der Waals surface area contributed by atoms with Crippen molar-refractivity contribution in [3.05, 3.63) is 41.7 Å². The van der Waals surface area contributed by atoms with E-state index in [1.54, 1.807) is 24.3 Å². The van der Waals surface area contributed by atoms with Crippen LogP contribution < -0.4 is 10.1 Å². The topological polar surface area (TPSA) is 92.8 Å². The minimum Gasteiger partial charge on any atom is -0.490 e. The molecule has 0 unspecified atom stereocenters. The summed E-state index contributed by atoms with van der Waals surface area (Å²) in [5, 5.41) is 2.19. The second-order valence-electron chi connectivity index (χ2n) is 8.72. The second-order valence-corrected chi connectivity index (χ2v) is 10.9. The zero-order valence-corrected chi connectivity index (χ0v) is 18.7. The quantitative estimate of drug-likeness (QED) is 0.412. The maximum absolute atomic E-state index is 14.1. The van der Waals surface area contributed by atoms with Crippen molar-refractivity contribution < 1.29 is 27.1 Å². The molecule has 0 atom stereocenters. The highest BCUT2D eigenvalue weighted by atomic mass is 32.2. The lowest BCUT2D eigenvalue weighted by Crippen LogP contribution is -2.28. The fraction of sp³-hybridized carbons (Fsp3) is 0.545. The minimum atomic E-state index is -3.33. The molecule has 170 valence electrons. The molecule has 1 N–H and O–H groups in total. The maximum Gasteiger partial charge on any atom is 0.324 e. The molecule has 1 saturated heterocycles. The van der Waals surface area contributed by atoms with Gasteiger partial charge in [0.1, 0.15) is 6.54 Å². The molecule has 2 aliphatic rings. The number of benzene rings is 1. The number of nitrogens with zero attached hydrogens (tertiary/aromatic N) is 1. The molecule has 31 heavy (non-hydrogen) atoms. The van der Waals surface area contributed by atoms with Gasteiger partial charge in [0.2, 0.25) is 5.91 Å². The third kappa shape index (κ3) is 6.29. The van der Waals surface area contributed by atoms with E-state index in [4.69, 9.17) is 4.74 Å². The molecule has 7 nitrogen and oxygen atoms in total. The Balaban J connectivity index is 1.54. The predicted molar refractivity (Wildman–Crippen MR) is 115 cm³/mol. The van der Waals surface area contributed by atoms with E-state index in [1.807, 2.05) is 13.8 Å². The zero-order chi connectivity index (χ0) is 22.6. The highest BCUT2D eigenvalue weighted by molar-refractivity contribution is 7.91. The van der Waals surface area contributed by atoms with Gasteiger partial charge in [-0.1, -0.05) is 32.1 Å². The average molecular weight is 453 g/mol. The SMILES string of the molecule is CC(C)COc1cc(C2(CS(=O)(=O)CC/C=C/CN3CC(=O)NC3=O)CC2)ccc1F. The van der Waals surface area contributed by atoms with Crippen LogP contribution in [0.25, 0.3) is 0 Å². The Bertz CT molecular complexity index is 970. The number of carbonyl (C=O) groups is 2. The number of nitrogens with one attached hydrogen (secondary N) is 1. The zero-order valence-electron chi connectivity index (χ0n) is 17.9. The Morgan fingerprint density at radius 1 is 1.26 bits per heavy atom. The Morgan fingerprint density at radius 3 is 2.61 bits per heavy atom. The van der Waals surface area contributed by atoms with E-state index in [0.29, 0.717) is 13.0 Å². The third-order valence-electron chi connectivity index (χ3n) is 5.42. The molecule has 0 radical (unpaired) electrons. The summed E-state index contributed by atoms with van der Waals surface area (Å²) < 4.78 is 45.0. The predicted octanol–water partition coefficient (Wildman–Crippen LogP) is 2.81. The van der Waals surface area contributed by atoms with Gasteiger partial charge in [-0.15, -0.1) is 0 Å². The smallest absolute Gasteiger partial charge is 0.324 e. The molecule has 1 saturated carbocycles. The Labute approximate surface area is 182 Å². The van der Waals surface area contributed by atoms with Crippen molar-refractivity contribution in [2.75, 3.05) is 31.2 Å². The lowest BCUT2D eigenvalue weighted by molar-refractivity contribution is -0.118. The number of hydrogen-bond donors (Lipinski definition) is 1. The van der Waals surface area contributed by atoms with Gasteiger partial charge in [-0.3, -0.25) is 10.1 Å². The summed E-state index contributed by atoms with van der Waals surface area (Å²) in [6, 6.07) is 4.21. The van der Waals surface area contributed by atoms with Crippen molar-refractivity contribution in [1.29, 1.82) is 0 Å². The molecule has 1 aliphatic heterocycles. The van der Waals surface area contributed by atoms with Gasteiger partial charge < -0.3 is 9.64 Å². The highest BCUT2D eigenvalue weighted by Crippen LogP contribution is 2.50. The number of carbonyl (C=O) groups excluding carboxylic acids is 2. The molecule has 2 fully saturated rings. The summed E-state index contributed by atoms with van der Waals surface area (Å²) in [6.07, 6.45) is 5.22. The Morgan fingerprint density at radius 2 is 2.00 bits per heavy atom. The number of sulfone groups is 1. The van der Waals surface area contributed by atoms with Crippen molar-refractivity contribution in [3.8, 4) is 5.75 Å². The van der Waals surface area contributed by atoms with Crippen molar-refractivity contribution in [3.63, 3.8) is 0 Å². The normalized spacial score (nSPS) is 18.1. The molecule has 0 bridgehead atoms. The number of urea groups is 1.